The van der Waals surface area contributed by atoms with Crippen molar-refractivity contribution in [1.29, 1.82) is 0 Å². The number of aryl methyl sites for hydroxylation is 1. The molecule has 0 aliphatic carbocycles. The molecule has 3 heterocycles. The fourth-order valence-corrected chi connectivity index (χ4v) is 2.10. The molecule has 0 saturated carbocycles. The summed E-state index contributed by atoms with van der Waals surface area (Å²) in [6.45, 7) is 2.42. The summed E-state index contributed by atoms with van der Waals surface area (Å²) in [5, 5.41) is 10.9. The Balaban J connectivity index is 1.64. The summed E-state index contributed by atoms with van der Waals surface area (Å²) in [5.74, 6) is 0.682. The lowest BCUT2D eigenvalue weighted by Crippen LogP contribution is -2.26. The van der Waals surface area contributed by atoms with E-state index in [0.29, 0.717) is 24.2 Å². The Morgan fingerprint density at radius 2 is 2.19 bits per heavy atom. The zero-order chi connectivity index (χ0) is 14.7. The maximum atomic E-state index is 12.1. The monoisotopic (exact) mass is 281 g/mol. The van der Waals surface area contributed by atoms with Gasteiger partial charge < -0.3 is 5.32 Å². The van der Waals surface area contributed by atoms with E-state index in [-0.39, 0.29) is 5.91 Å². The van der Waals surface area contributed by atoms with Crippen molar-refractivity contribution in [3.05, 3.63) is 59.8 Å². The average molecular weight is 281 g/mol. The summed E-state index contributed by atoms with van der Waals surface area (Å²) < 4.78 is 1.84. The van der Waals surface area contributed by atoms with Crippen molar-refractivity contribution in [1.82, 2.24) is 24.9 Å². The van der Waals surface area contributed by atoms with Gasteiger partial charge in [0.1, 0.15) is 5.82 Å². The molecule has 6 nitrogen and oxygen atoms in total. The van der Waals surface area contributed by atoms with Gasteiger partial charge in [-0.2, -0.15) is 0 Å². The van der Waals surface area contributed by atoms with E-state index < -0.39 is 0 Å². The van der Waals surface area contributed by atoms with Crippen LogP contribution in [0.4, 0.5) is 0 Å². The first-order chi connectivity index (χ1) is 10.2. The van der Waals surface area contributed by atoms with Gasteiger partial charge in [0.15, 0.2) is 5.65 Å². The molecule has 0 aromatic carbocycles. The number of nitrogens with zero attached hydrogens (tertiary/aromatic N) is 4. The summed E-state index contributed by atoms with van der Waals surface area (Å²) in [7, 11) is 0. The fraction of sp³-hybridized carbons (Fsp3) is 0.200. The molecule has 1 amide bonds. The molecular weight excluding hydrogens is 266 g/mol. The second-order valence-electron chi connectivity index (χ2n) is 4.72. The minimum atomic E-state index is -0.117. The highest BCUT2D eigenvalue weighted by atomic mass is 16.1. The number of fused-ring (bicyclic) bond motifs is 1. The summed E-state index contributed by atoms with van der Waals surface area (Å²) in [6, 6.07) is 9.25. The number of carbonyl (C=O) groups is 1. The van der Waals surface area contributed by atoms with Gasteiger partial charge in [-0.25, -0.2) is 0 Å². The van der Waals surface area contributed by atoms with E-state index in [1.165, 1.54) is 0 Å². The number of pyridine rings is 2. The Hall–Kier alpha value is -2.76. The molecule has 6 heteroatoms. The van der Waals surface area contributed by atoms with Crippen LogP contribution in [0.5, 0.6) is 0 Å². The molecule has 3 aromatic heterocycles. The number of rotatable bonds is 4. The highest BCUT2D eigenvalue weighted by Gasteiger charge is 2.08. The lowest BCUT2D eigenvalue weighted by atomic mass is 10.2. The van der Waals surface area contributed by atoms with Gasteiger partial charge in [-0.3, -0.25) is 14.2 Å². The van der Waals surface area contributed by atoms with Crippen LogP contribution in [0, 0.1) is 6.92 Å². The number of aromatic nitrogens is 4. The maximum Gasteiger partial charge on any atom is 0.251 e. The smallest absolute Gasteiger partial charge is 0.251 e. The van der Waals surface area contributed by atoms with E-state index in [1.54, 1.807) is 24.5 Å². The maximum absolute atomic E-state index is 12.1. The Morgan fingerprint density at radius 1 is 1.29 bits per heavy atom. The molecule has 0 aliphatic heterocycles. The van der Waals surface area contributed by atoms with Gasteiger partial charge in [-0.1, -0.05) is 6.07 Å². The van der Waals surface area contributed by atoms with Crippen LogP contribution in [0.1, 0.15) is 21.9 Å². The van der Waals surface area contributed by atoms with Crippen molar-refractivity contribution in [2.45, 2.75) is 13.3 Å². The first-order valence-corrected chi connectivity index (χ1v) is 6.73. The summed E-state index contributed by atoms with van der Waals surface area (Å²) in [5.41, 5.74) is 2.21. The number of hydrogen-bond acceptors (Lipinski definition) is 4. The zero-order valence-electron chi connectivity index (χ0n) is 11.7. The van der Waals surface area contributed by atoms with Gasteiger partial charge in [0.2, 0.25) is 0 Å². The van der Waals surface area contributed by atoms with Gasteiger partial charge in [0.25, 0.3) is 5.91 Å². The van der Waals surface area contributed by atoms with Crippen LogP contribution in [0.15, 0.2) is 42.7 Å². The third kappa shape index (κ3) is 2.89. The number of carbonyl (C=O) groups excluding carboxylic acids is 1. The van der Waals surface area contributed by atoms with E-state index in [9.17, 15) is 4.79 Å². The minimum Gasteiger partial charge on any atom is -0.352 e. The predicted octanol–water partition coefficient (Wildman–Crippen LogP) is 1.41. The number of nitrogens with one attached hydrogen (secondary N) is 1. The van der Waals surface area contributed by atoms with Gasteiger partial charge in [0.05, 0.1) is 0 Å². The van der Waals surface area contributed by atoms with Crippen LogP contribution < -0.4 is 5.32 Å². The van der Waals surface area contributed by atoms with Crippen LogP contribution in [-0.2, 0) is 6.42 Å². The first kappa shape index (κ1) is 13.2. The summed E-state index contributed by atoms with van der Waals surface area (Å²) in [4.78, 5) is 16.3. The topological polar surface area (TPSA) is 72.2 Å². The van der Waals surface area contributed by atoms with Crippen molar-refractivity contribution in [2.24, 2.45) is 0 Å². The molecule has 0 aliphatic rings. The second kappa shape index (κ2) is 5.70. The summed E-state index contributed by atoms with van der Waals surface area (Å²) >= 11 is 0. The fourth-order valence-electron chi connectivity index (χ4n) is 2.10. The quantitative estimate of drug-likeness (QED) is 0.784. The highest BCUT2D eigenvalue weighted by Crippen LogP contribution is 2.06. The molecule has 0 bridgehead atoms. The number of hydrogen-bond donors (Lipinski definition) is 1. The molecule has 1 N–H and O–H groups in total. The van der Waals surface area contributed by atoms with E-state index in [1.807, 2.05) is 29.5 Å². The van der Waals surface area contributed by atoms with E-state index in [0.717, 1.165) is 11.5 Å². The summed E-state index contributed by atoms with van der Waals surface area (Å²) in [6.07, 6.45) is 4.26. The average Bonchev–Trinajstić information content (AvgIpc) is 2.89. The second-order valence-corrected chi connectivity index (χ2v) is 4.72. The predicted molar refractivity (Wildman–Crippen MR) is 78.0 cm³/mol. The number of amides is 1. The van der Waals surface area contributed by atoms with E-state index in [4.69, 9.17) is 0 Å². The highest BCUT2D eigenvalue weighted by molar-refractivity contribution is 5.94. The Bertz CT molecular complexity index is 766. The van der Waals surface area contributed by atoms with Crippen LogP contribution in [0.3, 0.4) is 0 Å². The minimum absolute atomic E-state index is 0.117. The van der Waals surface area contributed by atoms with Gasteiger partial charge in [-0.05, 0) is 31.2 Å². The normalized spacial score (nSPS) is 10.7. The molecule has 3 aromatic rings. The van der Waals surface area contributed by atoms with Gasteiger partial charge in [-0.15, -0.1) is 10.2 Å². The molecule has 0 radical (unpaired) electrons. The Morgan fingerprint density at radius 3 is 3.00 bits per heavy atom. The van der Waals surface area contributed by atoms with E-state index in [2.05, 4.69) is 20.5 Å². The van der Waals surface area contributed by atoms with Crippen molar-refractivity contribution in [3.8, 4) is 0 Å². The molecule has 21 heavy (non-hydrogen) atoms. The standard InChI is InChI=1S/C15H15N5O/c1-11-18-19-14-10-12(6-9-20(11)14)15(21)17-8-5-13-4-2-3-7-16-13/h2-4,6-7,9-10H,5,8H2,1H3,(H,17,21). The van der Waals surface area contributed by atoms with Gasteiger partial charge >= 0.3 is 0 Å². The lowest BCUT2D eigenvalue weighted by Gasteiger charge is -2.05. The van der Waals surface area contributed by atoms with Crippen LogP contribution in [-0.4, -0.2) is 32.0 Å². The van der Waals surface area contributed by atoms with Crippen molar-refractivity contribution in [2.75, 3.05) is 6.54 Å². The van der Waals surface area contributed by atoms with Crippen LogP contribution in [0.25, 0.3) is 5.65 Å². The van der Waals surface area contributed by atoms with E-state index >= 15 is 0 Å². The molecule has 0 spiro atoms. The molecule has 106 valence electrons. The molecule has 0 atom stereocenters. The third-order valence-electron chi connectivity index (χ3n) is 3.24. The zero-order valence-corrected chi connectivity index (χ0v) is 11.7. The largest absolute Gasteiger partial charge is 0.352 e. The third-order valence-corrected chi connectivity index (χ3v) is 3.24. The van der Waals surface area contributed by atoms with Crippen molar-refractivity contribution in [3.63, 3.8) is 0 Å². The molecule has 0 fully saturated rings. The van der Waals surface area contributed by atoms with Crippen molar-refractivity contribution < 1.29 is 4.79 Å². The Labute approximate surface area is 121 Å². The lowest BCUT2D eigenvalue weighted by molar-refractivity contribution is 0.0954. The molecule has 3 rings (SSSR count). The molecular formula is C15H15N5O. The first-order valence-electron chi connectivity index (χ1n) is 6.73. The Kier molecular flexibility index (Phi) is 3.59. The van der Waals surface area contributed by atoms with Gasteiger partial charge in [0, 0.05) is 36.6 Å². The molecule has 0 unspecified atom stereocenters. The SMILES string of the molecule is Cc1nnc2cc(C(=O)NCCc3ccccn3)ccn12. The van der Waals surface area contributed by atoms with Crippen LogP contribution in [0.2, 0.25) is 0 Å². The van der Waals surface area contributed by atoms with Crippen molar-refractivity contribution >= 4 is 11.6 Å². The van der Waals surface area contributed by atoms with Crippen LogP contribution >= 0.6 is 0 Å². The molecule has 0 saturated heterocycles.